The van der Waals surface area contributed by atoms with Crippen molar-refractivity contribution in [2.24, 2.45) is 0 Å². The van der Waals surface area contributed by atoms with Crippen LogP contribution in [-0.4, -0.2) is 46.8 Å². The predicted octanol–water partition coefficient (Wildman–Crippen LogP) is 5.51. The van der Waals surface area contributed by atoms with Gasteiger partial charge < -0.3 is 20.1 Å². The number of aryl methyl sites for hydroxylation is 1. The highest BCUT2D eigenvalue weighted by Crippen LogP contribution is 2.41. The second kappa shape index (κ2) is 12.8. The molecule has 1 atom stereocenters. The molecule has 0 unspecified atom stereocenters. The van der Waals surface area contributed by atoms with E-state index in [0.717, 1.165) is 42.5 Å². The number of nitrogens with one attached hydrogen (secondary N) is 2. The molecular formula is C30H33N5O4S. The average Bonchev–Trinajstić information content (AvgIpc) is 3.77. The lowest BCUT2D eigenvalue weighted by atomic mass is 10.0. The van der Waals surface area contributed by atoms with Crippen molar-refractivity contribution in [3.63, 3.8) is 0 Å². The highest BCUT2D eigenvalue weighted by molar-refractivity contribution is 7.13. The van der Waals surface area contributed by atoms with Crippen LogP contribution in [0.15, 0.2) is 66.2 Å². The molecule has 4 aromatic rings. The highest BCUT2D eigenvalue weighted by atomic mass is 32.1. The molecule has 1 aliphatic rings. The van der Waals surface area contributed by atoms with E-state index in [1.807, 2.05) is 53.2 Å². The van der Waals surface area contributed by atoms with Crippen LogP contribution >= 0.6 is 11.3 Å². The number of hydrogen-bond donors (Lipinski definition) is 2. The molecule has 0 bridgehead atoms. The predicted molar refractivity (Wildman–Crippen MR) is 155 cm³/mol. The van der Waals surface area contributed by atoms with Gasteiger partial charge in [-0.05, 0) is 49.4 Å². The molecular weight excluding hydrogens is 526 g/mol. The normalized spacial score (nSPS) is 14.1. The first-order valence-electron chi connectivity index (χ1n) is 13.4. The number of rotatable bonds is 11. The van der Waals surface area contributed by atoms with E-state index in [0.29, 0.717) is 29.5 Å². The third-order valence-electron chi connectivity index (χ3n) is 7.17. The molecule has 10 heteroatoms. The summed E-state index contributed by atoms with van der Waals surface area (Å²) in [6.07, 6.45) is 6.83. The minimum atomic E-state index is -0.780. The highest BCUT2D eigenvalue weighted by Gasteiger charge is 2.29. The number of thiazole rings is 1. The van der Waals surface area contributed by atoms with Gasteiger partial charge in [0.25, 0.3) is 5.91 Å². The van der Waals surface area contributed by atoms with E-state index >= 15 is 0 Å². The van der Waals surface area contributed by atoms with Crippen molar-refractivity contribution in [2.45, 2.75) is 50.6 Å². The Balaban J connectivity index is 1.45. The zero-order valence-corrected chi connectivity index (χ0v) is 23.4. The maximum atomic E-state index is 13.7. The fourth-order valence-corrected chi connectivity index (χ4v) is 5.69. The first-order chi connectivity index (χ1) is 19.6. The van der Waals surface area contributed by atoms with Crippen molar-refractivity contribution in [2.75, 3.05) is 19.5 Å². The number of benzene rings is 2. The summed E-state index contributed by atoms with van der Waals surface area (Å²) in [6.45, 7) is 0. The van der Waals surface area contributed by atoms with Crippen molar-refractivity contribution in [3.8, 4) is 22.8 Å². The number of methoxy groups -OCH3 is 2. The summed E-state index contributed by atoms with van der Waals surface area (Å²) in [4.78, 5) is 31.1. The number of carbonyl (C=O) groups is 2. The molecule has 208 valence electrons. The first-order valence-corrected chi connectivity index (χ1v) is 14.3. The number of carbonyl (C=O) groups excluding carboxylic acids is 2. The van der Waals surface area contributed by atoms with Crippen LogP contribution in [0.25, 0.3) is 11.3 Å². The molecule has 0 spiro atoms. The minimum absolute atomic E-state index is 0.160. The van der Waals surface area contributed by atoms with Crippen molar-refractivity contribution in [1.29, 1.82) is 0 Å². The SMILES string of the molecule is COc1cccc(OC)c1-c1cc(C(=O)N[C@@H](CCc2ccccc2)C(=O)Nc2nccs2)nn1C1CCCC1. The summed E-state index contributed by atoms with van der Waals surface area (Å²) in [5.74, 6) is 0.531. The van der Waals surface area contributed by atoms with Gasteiger partial charge in [-0.3, -0.25) is 14.3 Å². The summed E-state index contributed by atoms with van der Waals surface area (Å²) in [6, 6.07) is 16.6. The molecule has 2 N–H and O–H groups in total. The zero-order chi connectivity index (χ0) is 27.9. The molecule has 2 aromatic carbocycles. The molecule has 2 heterocycles. The quantitative estimate of drug-likeness (QED) is 0.251. The van der Waals surface area contributed by atoms with Gasteiger partial charge in [-0.25, -0.2) is 4.98 Å². The Kier molecular flexibility index (Phi) is 8.75. The summed E-state index contributed by atoms with van der Waals surface area (Å²) < 4.78 is 13.3. The lowest BCUT2D eigenvalue weighted by molar-refractivity contribution is -0.118. The molecule has 5 rings (SSSR count). The molecule has 1 fully saturated rings. The van der Waals surface area contributed by atoms with E-state index in [9.17, 15) is 9.59 Å². The Bertz CT molecular complexity index is 1410. The van der Waals surface area contributed by atoms with Gasteiger partial charge in [0.2, 0.25) is 5.91 Å². The molecule has 2 amide bonds. The van der Waals surface area contributed by atoms with Crippen LogP contribution in [0.5, 0.6) is 11.5 Å². The standard InChI is InChI=1S/C30H33N5O4S/c1-38-25-13-8-14-26(39-2)27(25)24-19-23(34-35(24)21-11-6-7-12-21)29(37)32-22(16-15-20-9-4-3-5-10-20)28(36)33-30-31-17-18-40-30/h3-5,8-10,13-14,17-19,21-22H,6-7,11-12,15-16H2,1-2H3,(H,32,37)(H,31,33,36)/t22-/m0/s1. The lowest BCUT2D eigenvalue weighted by Crippen LogP contribution is -2.44. The van der Waals surface area contributed by atoms with Gasteiger partial charge in [-0.15, -0.1) is 11.3 Å². The van der Waals surface area contributed by atoms with Gasteiger partial charge in [0.1, 0.15) is 17.5 Å². The van der Waals surface area contributed by atoms with E-state index in [4.69, 9.17) is 14.6 Å². The smallest absolute Gasteiger partial charge is 0.272 e. The van der Waals surface area contributed by atoms with Crippen LogP contribution in [0.3, 0.4) is 0 Å². The van der Waals surface area contributed by atoms with E-state index in [2.05, 4.69) is 15.6 Å². The fraction of sp³-hybridized carbons (Fsp3) is 0.333. The Labute approximate surface area is 237 Å². The third kappa shape index (κ3) is 6.17. The largest absolute Gasteiger partial charge is 0.496 e. The monoisotopic (exact) mass is 559 g/mol. The van der Waals surface area contributed by atoms with Crippen LogP contribution in [0.1, 0.15) is 54.2 Å². The summed E-state index contributed by atoms with van der Waals surface area (Å²) in [7, 11) is 3.22. The first kappa shape index (κ1) is 27.4. The zero-order valence-electron chi connectivity index (χ0n) is 22.6. The van der Waals surface area contributed by atoms with Crippen molar-refractivity contribution < 1.29 is 19.1 Å². The van der Waals surface area contributed by atoms with Gasteiger partial charge in [-0.2, -0.15) is 5.10 Å². The van der Waals surface area contributed by atoms with E-state index in [-0.39, 0.29) is 17.6 Å². The second-order valence-electron chi connectivity index (χ2n) is 9.71. The molecule has 9 nitrogen and oxygen atoms in total. The molecule has 0 saturated heterocycles. The maximum Gasteiger partial charge on any atom is 0.272 e. The molecule has 1 aliphatic carbocycles. The van der Waals surface area contributed by atoms with Gasteiger partial charge in [-0.1, -0.05) is 49.2 Å². The summed E-state index contributed by atoms with van der Waals surface area (Å²) in [5.41, 5.74) is 2.81. The summed E-state index contributed by atoms with van der Waals surface area (Å²) in [5, 5.41) is 12.8. The van der Waals surface area contributed by atoms with Crippen molar-refractivity contribution in [3.05, 3.63) is 77.4 Å². The van der Waals surface area contributed by atoms with Crippen LogP contribution in [-0.2, 0) is 11.2 Å². The van der Waals surface area contributed by atoms with Gasteiger partial charge in [0, 0.05) is 11.6 Å². The Morgan fingerprint density at radius 2 is 1.77 bits per heavy atom. The number of amides is 2. The van der Waals surface area contributed by atoms with Crippen molar-refractivity contribution in [1.82, 2.24) is 20.1 Å². The molecule has 1 saturated carbocycles. The van der Waals surface area contributed by atoms with Gasteiger partial charge in [0.15, 0.2) is 10.8 Å². The van der Waals surface area contributed by atoms with Crippen LogP contribution in [0.2, 0.25) is 0 Å². The van der Waals surface area contributed by atoms with Crippen LogP contribution < -0.4 is 20.1 Å². The molecule has 40 heavy (non-hydrogen) atoms. The van der Waals surface area contributed by atoms with E-state index in [1.54, 1.807) is 31.9 Å². The minimum Gasteiger partial charge on any atom is -0.496 e. The Hall–Kier alpha value is -4.18. The molecule has 0 aliphatic heterocycles. The summed E-state index contributed by atoms with van der Waals surface area (Å²) >= 11 is 1.33. The Morgan fingerprint density at radius 3 is 2.42 bits per heavy atom. The van der Waals surface area contributed by atoms with Gasteiger partial charge in [0.05, 0.1) is 31.5 Å². The van der Waals surface area contributed by atoms with Crippen LogP contribution in [0.4, 0.5) is 5.13 Å². The van der Waals surface area contributed by atoms with Gasteiger partial charge >= 0.3 is 0 Å². The van der Waals surface area contributed by atoms with Crippen LogP contribution in [0, 0.1) is 0 Å². The average molecular weight is 560 g/mol. The van der Waals surface area contributed by atoms with E-state index in [1.165, 1.54) is 11.3 Å². The number of hydrogen-bond acceptors (Lipinski definition) is 7. The topological polar surface area (TPSA) is 107 Å². The lowest BCUT2D eigenvalue weighted by Gasteiger charge is -2.18. The Morgan fingerprint density at radius 1 is 1.05 bits per heavy atom. The number of aromatic nitrogens is 3. The maximum absolute atomic E-state index is 13.7. The number of ether oxygens (including phenoxy) is 2. The fourth-order valence-electron chi connectivity index (χ4n) is 5.16. The number of nitrogens with zero attached hydrogens (tertiary/aromatic N) is 3. The molecule has 0 radical (unpaired) electrons. The van der Waals surface area contributed by atoms with E-state index < -0.39 is 11.9 Å². The third-order valence-corrected chi connectivity index (χ3v) is 7.86. The number of anilines is 1. The second-order valence-corrected chi connectivity index (χ2v) is 10.6. The molecule has 2 aromatic heterocycles. The van der Waals surface area contributed by atoms with Crippen molar-refractivity contribution >= 4 is 28.3 Å².